The molecule has 0 aromatic heterocycles. The molecule has 7 aliphatic rings. The monoisotopic (exact) mass is 858 g/mol. The normalized spacial score (nSPS) is 53.9. The lowest BCUT2D eigenvalue weighted by Gasteiger charge is -2.81. The molecule has 11 atom stereocenters. The molecule has 7 heterocycles. The molecule has 0 N–H and O–H groups in total. The molecule has 282 valence electrons. The lowest BCUT2D eigenvalue weighted by atomic mass is 10.5. The molecule has 0 aromatic carbocycles. The summed E-state index contributed by atoms with van der Waals surface area (Å²) in [6.45, 7) is 35.2. The Kier molecular flexibility index (Phi) is 8.54. The van der Waals surface area contributed by atoms with Gasteiger partial charge in [-0.05, 0) is 83.9 Å². The molecule has 7 fully saturated rings. The van der Waals surface area contributed by atoms with E-state index in [1.54, 1.807) is 0 Å². The molecule has 0 aromatic rings. The Hall–Kier alpha value is 1.69. The molecule has 22 heteroatoms. The lowest BCUT2D eigenvalue weighted by Crippen LogP contribution is -3.14. The fourth-order valence-corrected chi connectivity index (χ4v) is 80.3. The Morgan fingerprint density at radius 3 is 1.55 bits per heavy atom. The number of rotatable bonds is 13. The third-order valence-electron chi connectivity index (χ3n) is 11.8. The van der Waals surface area contributed by atoms with E-state index < -0.39 is 105 Å². The first-order valence-corrected chi connectivity index (χ1v) is 42.7. The van der Waals surface area contributed by atoms with Gasteiger partial charge in [0.2, 0.25) is 10.1 Å². The number of hydrogen-bond acceptors (Lipinski definition) is 12. The van der Waals surface area contributed by atoms with Crippen LogP contribution in [0.5, 0.6) is 0 Å². The largest absolute Gasteiger partial charge is 0.484 e. The van der Waals surface area contributed by atoms with E-state index in [0.29, 0.717) is 37.0 Å². The van der Waals surface area contributed by atoms with Crippen LogP contribution in [0, 0.1) is 0 Å². The van der Waals surface area contributed by atoms with Crippen molar-refractivity contribution in [3.63, 3.8) is 0 Å². The lowest BCUT2D eigenvalue weighted by molar-refractivity contribution is -0.196. The van der Waals surface area contributed by atoms with Crippen molar-refractivity contribution in [1.29, 1.82) is 0 Å². The molecule has 4 bridgehead atoms. The van der Waals surface area contributed by atoms with Gasteiger partial charge < -0.3 is 51.2 Å². The molecular formula is C27H62O12Si10. The van der Waals surface area contributed by atoms with Crippen LogP contribution in [-0.2, 0) is 51.2 Å². The maximum absolute atomic E-state index is 8.27. The minimum Gasteiger partial charge on any atom is -0.432 e. The molecule has 7 rings (SSSR count). The predicted octanol–water partition coefficient (Wildman–Crippen LogP) is 6.48. The van der Waals surface area contributed by atoms with Gasteiger partial charge in [0.05, 0.1) is 0 Å². The first kappa shape index (κ1) is 38.9. The Morgan fingerprint density at radius 1 is 0.490 bits per heavy atom. The van der Waals surface area contributed by atoms with Crippen LogP contribution in [-0.4, -0.2) is 105 Å². The van der Waals surface area contributed by atoms with E-state index in [1.165, 1.54) is 0 Å². The van der Waals surface area contributed by atoms with Crippen molar-refractivity contribution in [3.8, 4) is 0 Å². The molecule has 7 aliphatic heterocycles. The average molecular weight is 860 g/mol. The van der Waals surface area contributed by atoms with Crippen molar-refractivity contribution in [2.24, 2.45) is 0 Å². The summed E-state index contributed by atoms with van der Waals surface area (Å²) in [5.41, 5.74) is 0. The van der Waals surface area contributed by atoms with E-state index in [4.69, 9.17) is 51.2 Å². The van der Waals surface area contributed by atoms with Crippen molar-refractivity contribution >= 4 is 85.1 Å². The van der Waals surface area contributed by atoms with Crippen molar-refractivity contribution in [2.45, 2.75) is 170 Å². The van der Waals surface area contributed by atoms with E-state index in [2.05, 4.69) is 107 Å². The zero-order valence-corrected chi connectivity index (χ0v) is 42.8. The fourth-order valence-electron chi connectivity index (χ4n) is 10.6. The standard InChI is InChI=1S/C27H62O12Si10/c1-17-24(28-40(8,9)10)43(19-3)26-31-47(23-7,37-43)38-45(21-5)29-25(18-2)44(20-4)27(49(25,33-26)39-45,32-48(24,26)35-42(14,15)16)30-46(22-6,36-44)34-41(11,12)13/h17-23H2,1-16H3. The number of hydrogen-bond donors (Lipinski definition) is 0. The van der Waals surface area contributed by atoms with E-state index in [0.717, 1.165) is 6.04 Å². The molecule has 0 radical (unpaired) electrons. The minimum atomic E-state index is -3.86. The molecule has 0 saturated carbocycles. The predicted molar refractivity (Wildman–Crippen MR) is 207 cm³/mol. The van der Waals surface area contributed by atoms with Crippen LogP contribution in [0.1, 0.15) is 61.3 Å². The summed E-state index contributed by atoms with van der Waals surface area (Å²) in [4.78, 5) is -1.66. The van der Waals surface area contributed by atoms with Gasteiger partial charge in [-0.1, -0.05) is 48.5 Å². The quantitative estimate of drug-likeness (QED) is 0.189. The van der Waals surface area contributed by atoms with E-state index in [9.17, 15) is 0 Å². The van der Waals surface area contributed by atoms with Gasteiger partial charge in [-0.15, -0.1) is 0 Å². The van der Waals surface area contributed by atoms with Gasteiger partial charge in [-0.3, -0.25) is 0 Å². The van der Waals surface area contributed by atoms with Crippen LogP contribution >= 0.6 is 0 Å². The highest BCUT2D eigenvalue weighted by atomic mass is 28.6. The molecule has 0 aliphatic carbocycles. The van der Waals surface area contributed by atoms with Crippen molar-refractivity contribution in [2.75, 3.05) is 0 Å². The second-order valence-electron chi connectivity index (χ2n) is 17.9. The maximum Gasteiger partial charge on any atom is 0.484 e. The highest BCUT2D eigenvalue weighted by molar-refractivity contribution is 7.26. The zero-order valence-electron chi connectivity index (χ0n) is 32.8. The maximum atomic E-state index is 8.27. The smallest absolute Gasteiger partial charge is 0.432 e. The molecular weight excluding hydrogens is 797 g/mol. The number of fused-ring (bicyclic) bond motifs is 3. The minimum absolute atomic E-state index is 0.562. The van der Waals surface area contributed by atoms with Crippen LogP contribution in [0.4, 0.5) is 0 Å². The van der Waals surface area contributed by atoms with Gasteiger partial charge in [0.25, 0.3) is 16.6 Å². The van der Waals surface area contributed by atoms with Crippen molar-refractivity contribution < 1.29 is 51.2 Å². The molecule has 7 saturated heterocycles. The summed E-state index contributed by atoms with van der Waals surface area (Å²) in [6.07, 6.45) is 1.32. The fraction of sp³-hybridized carbons (Fsp3) is 1.00. The topological polar surface area (TPSA) is 111 Å². The second kappa shape index (κ2) is 10.7. The molecule has 3 spiro atoms. The van der Waals surface area contributed by atoms with Crippen LogP contribution in [0.2, 0.25) is 89.1 Å². The summed E-state index contributed by atoms with van der Waals surface area (Å²) in [5, 5.41) is -2.53. The van der Waals surface area contributed by atoms with E-state index >= 15 is 0 Å². The molecule has 12 nitrogen and oxygen atoms in total. The summed E-state index contributed by atoms with van der Waals surface area (Å²) >= 11 is 0. The van der Waals surface area contributed by atoms with Gasteiger partial charge in [0.15, 0.2) is 25.0 Å². The van der Waals surface area contributed by atoms with Gasteiger partial charge in [-0.25, -0.2) is 0 Å². The second-order valence-corrected chi connectivity index (χ2v) is 57.9. The SMILES string of the molecule is CCC1(O[Si](C)(C)C)[Si]2(CC)O[Si]3(CC)OC24O[Si]25O[Si](CC)(OC2(CC)[Si]2(CC)O[Si](CC)(O[Si](C)(C)C)OC25O[Si]14O[Si](C)(C)C)O3. The summed E-state index contributed by atoms with van der Waals surface area (Å²) in [6, 6.07) is 3.16. The molecule has 49 heavy (non-hydrogen) atoms. The van der Waals surface area contributed by atoms with Gasteiger partial charge in [0, 0.05) is 18.1 Å². The van der Waals surface area contributed by atoms with E-state index in [-0.39, 0.29) is 0 Å². The first-order valence-electron chi connectivity index (χ1n) is 18.8. The van der Waals surface area contributed by atoms with Crippen LogP contribution in [0.25, 0.3) is 0 Å². The van der Waals surface area contributed by atoms with Crippen LogP contribution < -0.4 is 0 Å². The van der Waals surface area contributed by atoms with Crippen LogP contribution in [0.15, 0.2) is 0 Å². The third-order valence-corrected chi connectivity index (χ3v) is 60.2. The highest BCUT2D eigenvalue weighted by Gasteiger charge is 3.16. The summed E-state index contributed by atoms with van der Waals surface area (Å²) in [5.74, 6) is 0. The molecule has 0 amide bonds. The summed E-state index contributed by atoms with van der Waals surface area (Å²) in [7, 11) is -31.3. The first-order chi connectivity index (χ1) is 22.4. The van der Waals surface area contributed by atoms with Gasteiger partial charge >= 0.3 is 43.5 Å². The Balaban J connectivity index is 1.61. The highest BCUT2D eigenvalue weighted by Crippen LogP contribution is 2.82. The van der Waals surface area contributed by atoms with Crippen molar-refractivity contribution in [1.82, 2.24) is 0 Å². The van der Waals surface area contributed by atoms with Gasteiger partial charge in [0.1, 0.15) is 9.70 Å². The van der Waals surface area contributed by atoms with Crippen LogP contribution in [0.3, 0.4) is 0 Å². The molecule has 11 unspecified atom stereocenters. The van der Waals surface area contributed by atoms with Gasteiger partial charge in [-0.2, -0.15) is 0 Å². The Morgan fingerprint density at radius 2 is 1.08 bits per heavy atom. The Bertz CT molecular complexity index is 1420. The summed E-state index contributed by atoms with van der Waals surface area (Å²) < 4.78 is 92.2. The van der Waals surface area contributed by atoms with Crippen molar-refractivity contribution in [3.05, 3.63) is 0 Å². The average Bonchev–Trinajstić information content (AvgIpc) is 3.52. The third kappa shape index (κ3) is 4.07. The Labute approximate surface area is 305 Å². The van der Waals surface area contributed by atoms with E-state index in [1.807, 2.05) is 0 Å². The zero-order chi connectivity index (χ0) is 36.4.